The summed E-state index contributed by atoms with van der Waals surface area (Å²) in [5.41, 5.74) is 1.13. The van der Waals surface area contributed by atoms with E-state index in [0.717, 1.165) is 121 Å². The summed E-state index contributed by atoms with van der Waals surface area (Å²) in [4.78, 5) is 95.1. The van der Waals surface area contributed by atoms with Gasteiger partial charge < -0.3 is 37.4 Å². The first kappa shape index (κ1) is 77.7. The number of alkyl halides is 2. The molecule has 7 N–H and O–H groups in total. The molecule has 1 heterocycles. The van der Waals surface area contributed by atoms with E-state index in [4.69, 9.17) is 0 Å². The van der Waals surface area contributed by atoms with Gasteiger partial charge in [-0.05, 0) is 80.8 Å². The summed E-state index contributed by atoms with van der Waals surface area (Å²) in [6.45, 7) is 3.15. The van der Waals surface area contributed by atoms with Crippen LogP contribution in [0.5, 0.6) is 0 Å². The smallest absolute Gasteiger partial charge is 0.870 e. The minimum Gasteiger partial charge on any atom is -0.870 e. The van der Waals surface area contributed by atoms with Crippen LogP contribution < -0.4 is 61.5 Å². The van der Waals surface area contributed by atoms with Gasteiger partial charge in [0, 0.05) is 61.1 Å². The van der Waals surface area contributed by atoms with Crippen LogP contribution in [0.4, 0.5) is 0 Å². The maximum atomic E-state index is 11.9. The molecule has 1 saturated heterocycles. The molecule has 1 aliphatic heterocycles. The normalized spacial score (nSPS) is 15.8. The van der Waals surface area contributed by atoms with E-state index in [1.807, 2.05) is 12.1 Å². The molecule has 430 valence electrons. The van der Waals surface area contributed by atoms with E-state index in [9.17, 15) is 38.4 Å². The molecule has 2 aromatic carbocycles. The largest absolute Gasteiger partial charge is 1.00 e. The molecule has 0 aliphatic carbocycles. The first-order valence-electron chi connectivity index (χ1n) is 26.0. The molecule has 0 aromatic heterocycles. The minimum absolute atomic E-state index is 0. The second-order valence-corrected chi connectivity index (χ2v) is 24.8. The summed E-state index contributed by atoms with van der Waals surface area (Å²) in [6, 6.07) is 17.6. The van der Waals surface area contributed by atoms with E-state index in [1.165, 1.54) is 25.7 Å². The Balaban J connectivity index is 0. The zero-order valence-corrected chi connectivity index (χ0v) is 55.1. The molecule has 0 atom stereocenters. The van der Waals surface area contributed by atoms with Crippen LogP contribution in [-0.4, -0.2) is 159 Å². The summed E-state index contributed by atoms with van der Waals surface area (Å²) in [7, 11) is 0. The third-order valence-electron chi connectivity index (χ3n) is 10.3. The van der Waals surface area contributed by atoms with Crippen LogP contribution in [0.3, 0.4) is 0 Å². The van der Waals surface area contributed by atoms with Gasteiger partial charge in [-0.3, -0.25) is 38.4 Å². The van der Waals surface area contributed by atoms with Gasteiger partial charge in [0.1, 0.15) is 0 Å². The zero-order chi connectivity index (χ0) is 54.7. The molecule has 0 unspecified atom stereocenters. The molecule has 15 nitrogen and oxygen atoms in total. The molecule has 0 saturated carbocycles. The number of thioether (sulfide) groups is 6. The van der Waals surface area contributed by atoms with Crippen molar-refractivity contribution < 1.29 is 73.4 Å². The minimum atomic E-state index is -0.227. The van der Waals surface area contributed by atoms with E-state index in [1.54, 1.807) is 95.6 Å². The third-order valence-corrected chi connectivity index (χ3v) is 17.4. The Morgan fingerprint density at radius 2 is 0.740 bits per heavy atom. The monoisotopic (exact) mass is 1320 g/mol. The van der Waals surface area contributed by atoms with Gasteiger partial charge in [0.25, 0.3) is 0 Å². The molecular weight excluding hydrogens is 1240 g/mol. The van der Waals surface area contributed by atoms with Crippen molar-refractivity contribution in [1.29, 1.82) is 0 Å². The van der Waals surface area contributed by atoms with Gasteiger partial charge in [-0.1, -0.05) is 155 Å². The number of carbonyl (C=O) groups is 8. The molecule has 0 bridgehead atoms. The fraction of sp³-hybridized carbons (Fsp3) is 0.623. The Bertz CT molecular complexity index is 1680. The van der Waals surface area contributed by atoms with Crippen LogP contribution in [0.25, 0.3) is 0 Å². The molecule has 1 aliphatic rings. The van der Waals surface area contributed by atoms with Crippen molar-refractivity contribution in [3.05, 3.63) is 71.8 Å². The number of rotatable bonds is 15. The maximum absolute atomic E-state index is 11.9. The van der Waals surface area contributed by atoms with Crippen LogP contribution in [-0.2, 0) is 28.8 Å². The number of carbonyl (C=O) groups excluding carboxylic acids is 8. The summed E-state index contributed by atoms with van der Waals surface area (Å²) in [5.74, 6) is 5.77. The van der Waals surface area contributed by atoms with Crippen molar-refractivity contribution in [2.75, 3.05) is 107 Å². The topological polar surface area (TPSA) is 239 Å². The van der Waals surface area contributed by atoms with Gasteiger partial charge in [0.15, 0.2) is 0 Å². The fourth-order valence-corrected chi connectivity index (χ4v) is 11.7. The van der Waals surface area contributed by atoms with E-state index in [0.29, 0.717) is 79.8 Å². The number of hydrogen-bond donors (Lipinski definition) is 6. The average Bonchev–Trinajstić information content (AvgIpc) is 3.42. The Labute approximate surface area is 523 Å². The summed E-state index contributed by atoms with van der Waals surface area (Å²) in [5, 5.41) is 19.2. The van der Waals surface area contributed by atoms with E-state index in [-0.39, 0.29) is 92.2 Å². The van der Waals surface area contributed by atoms with Crippen molar-refractivity contribution in [3.8, 4) is 0 Å². The second kappa shape index (κ2) is 57.8. The molecule has 0 radical (unpaired) electrons. The van der Waals surface area contributed by atoms with Crippen LogP contribution in [0.15, 0.2) is 60.7 Å². The second-order valence-electron chi connectivity index (χ2n) is 16.9. The van der Waals surface area contributed by atoms with E-state index < -0.39 is 0 Å². The van der Waals surface area contributed by atoms with Gasteiger partial charge in [0.05, 0.1) is 34.5 Å². The molecule has 0 spiro atoms. The van der Waals surface area contributed by atoms with Gasteiger partial charge in [-0.15, -0.1) is 0 Å². The summed E-state index contributed by atoms with van der Waals surface area (Å²) < 4.78 is 0. The first-order chi connectivity index (χ1) is 36.5. The van der Waals surface area contributed by atoms with Gasteiger partial charge in [-0.25, -0.2) is 0 Å². The van der Waals surface area contributed by atoms with Crippen LogP contribution in [0.2, 0.25) is 0 Å². The van der Waals surface area contributed by atoms with Crippen molar-refractivity contribution in [3.63, 3.8) is 0 Å². The zero-order valence-electron chi connectivity index (χ0n) is 45.0. The predicted molar refractivity (Wildman–Crippen MR) is 333 cm³/mol. The number of nitrogens with one attached hydrogen (secondary N) is 6. The standard InChI is InChI=1S/C26H48N4O4S4.C21H22N2O4S2.C6H12Br2.Na.H2O/c31-23-19-35-15-5-1-2-6-16-36-20-24(32)28-12-10-14-30-26(34)22-38-18-8-4-3-7-17-37-21-25(33)29-13-9-11-27-23;24-18(14-28-20(26)16-8-3-1-4-9-16)22-12-7-13-23-19(25)15-29-21(27)17-10-5-2-6-11-17;7-5-3-1-2-4-6-8;;/h1-22H2,(H,27,31)(H,28,32)(H,29,33)(H,30,34);1-6,8-11H,7,12-15H2,(H,22,24)(H,23,25);1-6H2;;1H2/q;;;+1;/p-1. The number of halogens is 2. The quantitative estimate of drug-likeness (QED) is 0.0660. The summed E-state index contributed by atoms with van der Waals surface area (Å²) in [6.07, 6.45) is 16.4. The molecule has 3 rings (SSSR count). The summed E-state index contributed by atoms with van der Waals surface area (Å²) >= 11 is 15.4. The van der Waals surface area contributed by atoms with Gasteiger partial charge >= 0.3 is 29.6 Å². The van der Waals surface area contributed by atoms with Crippen LogP contribution in [0, 0.1) is 0 Å². The van der Waals surface area contributed by atoms with Crippen molar-refractivity contribution in [1.82, 2.24) is 31.9 Å². The van der Waals surface area contributed by atoms with E-state index in [2.05, 4.69) is 63.8 Å². The van der Waals surface area contributed by atoms with Crippen molar-refractivity contribution in [2.45, 2.75) is 96.3 Å². The van der Waals surface area contributed by atoms with Crippen molar-refractivity contribution in [2.24, 2.45) is 0 Å². The fourth-order valence-electron chi connectivity index (χ4n) is 6.24. The molecule has 2 aromatic rings. The van der Waals surface area contributed by atoms with Crippen LogP contribution in [0.1, 0.15) is 117 Å². The number of unbranched alkanes of at least 4 members (excludes halogenated alkanes) is 3. The number of amides is 6. The Morgan fingerprint density at radius 1 is 0.442 bits per heavy atom. The molecule has 24 heteroatoms. The Hall–Kier alpha value is -1.38. The molecule has 1 fully saturated rings. The Morgan fingerprint density at radius 3 is 1.03 bits per heavy atom. The van der Waals surface area contributed by atoms with Crippen molar-refractivity contribution >= 4 is 148 Å². The number of benzene rings is 2. The molecule has 6 amide bonds. The van der Waals surface area contributed by atoms with E-state index >= 15 is 0 Å². The predicted octanol–water partition coefficient (Wildman–Crippen LogP) is 6.22. The average molecular weight is 1320 g/mol. The maximum Gasteiger partial charge on any atom is 1.00 e. The third kappa shape index (κ3) is 51.3. The van der Waals surface area contributed by atoms with Gasteiger partial charge in [0.2, 0.25) is 45.7 Å². The van der Waals surface area contributed by atoms with Gasteiger partial charge in [-0.2, -0.15) is 47.0 Å². The SMILES string of the molecule is BrCCCCCCBr.O=C(CSC(=O)c1ccccc1)NCCCNC(=O)CSC(=O)c1ccccc1.O=C1CSCCCCCCSCC(=O)NCCCNC(=O)CSCCCCCCSCC(=O)NCCCN1.[Na+].[OH-]. The first-order valence-corrected chi connectivity index (χ1v) is 34.9. The number of hydrogen-bond acceptors (Lipinski definition) is 15. The van der Waals surface area contributed by atoms with Crippen LogP contribution >= 0.6 is 102 Å². The Kier molecular flexibility index (Phi) is 58.4. The molecule has 77 heavy (non-hydrogen) atoms. The molecular formula is C53H83Br2N6NaO9S6.